The summed E-state index contributed by atoms with van der Waals surface area (Å²) in [6, 6.07) is 0. The number of H-pyrrole nitrogens is 1. The minimum Gasteiger partial charge on any atom is -0.325 e. The Morgan fingerprint density at radius 3 is 2.80 bits per heavy atom. The fourth-order valence-electron chi connectivity index (χ4n) is 0.463. The van der Waals surface area contributed by atoms with Gasteiger partial charge in [0.05, 0.1) is 0 Å². The molecule has 0 bridgehead atoms. The molecule has 0 aromatic carbocycles. The fraction of sp³-hybridized carbons (Fsp3) is 0. The monoisotopic (exact) mass is 160 g/mol. The van der Waals surface area contributed by atoms with Gasteiger partial charge in [0.2, 0.25) is 16.1 Å². The molecule has 6 heteroatoms. The highest BCUT2D eigenvalue weighted by Crippen LogP contribution is 1.86. The van der Waals surface area contributed by atoms with E-state index in [-0.39, 0.29) is 5.03 Å². The van der Waals surface area contributed by atoms with Gasteiger partial charge in [0.15, 0.2) is 0 Å². The lowest BCUT2D eigenvalue weighted by molar-refractivity contribution is 0.558. The second-order valence-corrected chi connectivity index (χ2v) is 2.36. The standard InChI is InChI=1S/C4H4N2O3S/c7-3-4(10(8)9)6-2-1-5-3/h1-2H,(H,5,7)(H,8,9). The van der Waals surface area contributed by atoms with Crippen LogP contribution >= 0.6 is 0 Å². The number of hydrogen-bond acceptors (Lipinski definition) is 3. The van der Waals surface area contributed by atoms with Gasteiger partial charge in [-0.15, -0.1) is 0 Å². The molecule has 10 heavy (non-hydrogen) atoms. The minimum absolute atomic E-state index is 0.373. The van der Waals surface area contributed by atoms with E-state index in [1.165, 1.54) is 12.4 Å². The molecule has 0 aliphatic heterocycles. The van der Waals surface area contributed by atoms with Crippen LogP contribution in [0.25, 0.3) is 0 Å². The number of aromatic nitrogens is 2. The molecule has 1 aromatic rings. The van der Waals surface area contributed by atoms with Crippen LogP contribution in [-0.2, 0) is 11.1 Å². The second kappa shape index (κ2) is 2.72. The Hall–Kier alpha value is -1.01. The van der Waals surface area contributed by atoms with E-state index < -0.39 is 16.6 Å². The Kier molecular flexibility index (Phi) is 1.93. The van der Waals surface area contributed by atoms with E-state index in [0.29, 0.717) is 0 Å². The van der Waals surface area contributed by atoms with Crippen molar-refractivity contribution in [3.05, 3.63) is 22.7 Å². The molecule has 1 atom stereocenters. The Morgan fingerprint density at radius 2 is 2.40 bits per heavy atom. The Balaban J connectivity index is 3.29. The van der Waals surface area contributed by atoms with Crippen molar-refractivity contribution in [2.45, 2.75) is 5.03 Å². The lowest BCUT2D eigenvalue weighted by Gasteiger charge is -1.88. The molecule has 0 radical (unpaired) electrons. The van der Waals surface area contributed by atoms with Gasteiger partial charge in [-0.3, -0.25) is 4.79 Å². The van der Waals surface area contributed by atoms with Crippen LogP contribution in [0.1, 0.15) is 0 Å². The van der Waals surface area contributed by atoms with Gasteiger partial charge in [-0.25, -0.2) is 9.19 Å². The first kappa shape index (κ1) is 7.10. The van der Waals surface area contributed by atoms with E-state index in [0.717, 1.165) is 0 Å². The van der Waals surface area contributed by atoms with Gasteiger partial charge >= 0.3 is 0 Å². The van der Waals surface area contributed by atoms with Crippen molar-refractivity contribution in [1.82, 2.24) is 9.97 Å². The van der Waals surface area contributed by atoms with Crippen LogP contribution in [0.4, 0.5) is 0 Å². The van der Waals surface area contributed by atoms with E-state index in [4.69, 9.17) is 4.55 Å². The molecule has 0 aliphatic carbocycles. The van der Waals surface area contributed by atoms with E-state index in [9.17, 15) is 9.00 Å². The molecule has 5 nitrogen and oxygen atoms in total. The molecule has 1 aromatic heterocycles. The summed E-state index contributed by atoms with van der Waals surface area (Å²) in [5.74, 6) is 0. The van der Waals surface area contributed by atoms with Gasteiger partial charge in [0.25, 0.3) is 5.56 Å². The summed E-state index contributed by atoms with van der Waals surface area (Å²) >= 11 is -2.30. The first-order valence-corrected chi connectivity index (χ1v) is 3.47. The highest BCUT2D eigenvalue weighted by atomic mass is 32.2. The van der Waals surface area contributed by atoms with E-state index in [1.54, 1.807) is 0 Å². The molecule has 2 N–H and O–H groups in total. The van der Waals surface area contributed by atoms with Crippen LogP contribution in [0, 0.1) is 0 Å². The zero-order chi connectivity index (χ0) is 7.56. The summed E-state index contributed by atoms with van der Waals surface area (Å²) < 4.78 is 18.6. The SMILES string of the molecule is O=c1[nH]ccnc1S(=O)O. The zero-order valence-electron chi connectivity index (χ0n) is 4.77. The highest BCUT2D eigenvalue weighted by molar-refractivity contribution is 7.79. The van der Waals surface area contributed by atoms with Crippen LogP contribution < -0.4 is 5.56 Å². The number of nitrogens with zero attached hydrogens (tertiary/aromatic N) is 1. The fourth-order valence-corrected chi connectivity index (χ4v) is 0.831. The average molecular weight is 160 g/mol. The molecule has 0 aliphatic rings. The molecule has 0 fully saturated rings. The van der Waals surface area contributed by atoms with Gasteiger partial charge in [-0.1, -0.05) is 0 Å². The largest absolute Gasteiger partial charge is 0.325 e. The van der Waals surface area contributed by atoms with Gasteiger partial charge in [-0.2, -0.15) is 0 Å². The van der Waals surface area contributed by atoms with Crippen LogP contribution in [0.15, 0.2) is 22.2 Å². The zero-order valence-corrected chi connectivity index (χ0v) is 5.59. The third-order valence-electron chi connectivity index (χ3n) is 0.840. The molecule has 1 heterocycles. The molecule has 0 saturated heterocycles. The van der Waals surface area contributed by atoms with E-state index >= 15 is 0 Å². The number of aromatic amines is 1. The Labute approximate surface area is 58.4 Å². The molecular formula is C4H4N2O3S. The average Bonchev–Trinajstić information content (AvgIpc) is 1.88. The maximum absolute atomic E-state index is 10.6. The van der Waals surface area contributed by atoms with Crippen molar-refractivity contribution in [3.63, 3.8) is 0 Å². The summed E-state index contributed by atoms with van der Waals surface area (Å²) in [5, 5.41) is -0.373. The lowest BCUT2D eigenvalue weighted by atomic mass is 10.7. The van der Waals surface area contributed by atoms with Crippen molar-refractivity contribution in [1.29, 1.82) is 0 Å². The van der Waals surface area contributed by atoms with Gasteiger partial charge in [-0.05, 0) is 0 Å². The third-order valence-corrected chi connectivity index (χ3v) is 1.46. The summed E-state index contributed by atoms with van der Waals surface area (Å²) in [5.41, 5.74) is -0.636. The number of nitrogens with one attached hydrogen (secondary N) is 1. The predicted octanol–water partition coefficient (Wildman–Crippen LogP) is -0.649. The van der Waals surface area contributed by atoms with Crippen LogP contribution in [0.5, 0.6) is 0 Å². The van der Waals surface area contributed by atoms with Crippen molar-refractivity contribution < 1.29 is 8.76 Å². The maximum atomic E-state index is 10.6. The lowest BCUT2D eigenvalue weighted by Crippen LogP contribution is -2.14. The third kappa shape index (κ3) is 1.28. The van der Waals surface area contributed by atoms with Crippen molar-refractivity contribution >= 4 is 11.1 Å². The predicted molar refractivity (Wildman–Crippen MR) is 33.9 cm³/mol. The summed E-state index contributed by atoms with van der Waals surface area (Å²) in [6.45, 7) is 0. The minimum atomic E-state index is -2.30. The van der Waals surface area contributed by atoms with E-state index in [2.05, 4.69) is 9.97 Å². The van der Waals surface area contributed by atoms with Gasteiger partial charge in [0.1, 0.15) is 0 Å². The quantitative estimate of drug-likeness (QED) is 0.535. The van der Waals surface area contributed by atoms with Gasteiger partial charge in [0, 0.05) is 12.4 Å². The number of hydrogen-bond donors (Lipinski definition) is 2. The second-order valence-electron chi connectivity index (χ2n) is 1.47. The Bertz CT molecular complexity index is 307. The molecule has 0 amide bonds. The molecular weight excluding hydrogens is 156 g/mol. The number of rotatable bonds is 1. The van der Waals surface area contributed by atoms with E-state index in [1.807, 2.05) is 0 Å². The smallest absolute Gasteiger partial charge is 0.285 e. The Morgan fingerprint density at radius 1 is 1.70 bits per heavy atom. The van der Waals surface area contributed by atoms with Crippen molar-refractivity contribution in [2.24, 2.45) is 0 Å². The van der Waals surface area contributed by atoms with Crippen LogP contribution in [0.2, 0.25) is 0 Å². The summed E-state index contributed by atoms with van der Waals surface area (Å²) in [7, 11) is 0. The maximum Gasteiger partial charge on any atom is 0.285 e. The topological polar surface area (TPSA) is 83.0 Å². The van der Waals surface area contributed by atoms with Crippen LogP contribution in [-0.4, -0.2) is 18.7 Å². The van der Waals surface area contributed by atoms with Crippen LogP contribution in [0.3, 0.4) is 0 Å². The molecule has 0 spiro atoms. The van der Waals surface area contributed by atoms with Gasteiger partial charge < -0.3 is 9.54 Å². The summed E-state index contributed by atoms with van der Waals surface area (Å²) in [4.78, 5) is 16.2. The van der Waals surface area contributed by atoms with Crippen molar-refractivity contribution in [2.75, 3.05) is 0 Å². The first-order valence-electron chi connectivity index (χ1n) is 2.36. The normalized spacial score (nSPS) is 12.9. The molecule has 54 valence electrons. The summed E-state index contributed by atoms with van der Waals surface area (Å²) in [6.07, 6.45) is 2.53. The van der Waals surface area contributed by atoms with Crippen molar-refractivity contribution in [3.8, 4) is 0 Å². The molecule has 1 rings (SSSR count). The molecule has 0 saturated carbocycles. The first-order chi connectivity index (χ1) is 4.72. The highest BCUT2D eigenvalue weighted by Gasteiger charge is 2.04. The molecule has 1 unspecified atom stereocenters.